The molecule has 0 saturated carbocycles. The van der Waals surface area contributed by atoms with E-state index >= 15 is 0 Å². The number of para-hydroxylation sites is 2. The fourth-order valence-corrected chi connectivity index (χ4v) is 3.46. The van der Waals surface area contributed by atoms with Gasteiger partial charge >= 0.3 is 0 Å². The molecule has 3 aromatic rings. The predicted octanol–water partition coefficient (Wildman–Crippen LogP) is 4.82. The lowest BCUT2D eigenvalue weighted by Crippen LogP contribution is -2.22. The van der Waals surface area contributed by atoms with Crippen molar-refractivity contribution in [3.63, 3.8) is 0 Å². The van der Waals surface area contributed by atoms with E-state index in [2.05, 4.69) is 10.6 Å². The van der Waals surface area contributed by atoms with Gasteiger partial charge in [0.15, 0.2) is 6.61 Å². The molecule has 0 saturated heterocycles. The Morgan fingerprint density at radius 2 is 1.52 bits per heavy atom. The van der Waals surface area contributed by atoms with Crippen LogP contribution in [0.5, 0.6) is 5.75 Å². The van der Waals surface area contributed by atoms with E-state index < -0.39 is 0 Å². The number of carbonyl (C=O) groups excluding carboxylic acids is 2. The molecule has 0 bridgehead atoms. The fourth-order valence-electron chi connectivity index (χ4n) is 2.53. The van der Waals surface area contributed by atoms with Gasteiger partial charge in [-0.2, -0.15) is 0 Å². The number of nitrogens with one attached hydrogen (secondary N) is 2. The second kappa shape index (κ2) is 10.3. The van der Waals surface area contributed by atoms with Crippen LogP contribution >= 0.6 is 11.8 Å². The van der Waals surface area contributed by atoms with E-state index in [4.69, 9.17) is 4.74 Å². The third-order valence-corrected chi connectivity index (χ3v) is 5.05. The van der Waals surface area contributed by atoms with Crippen LogP contribution in [0.4, 0.5) is 11.4 Å². The molecule has 3 rings (SSSR count). The SMILES string of the molecule is CC(Sc1cccc(NC(=O)COc2ccccc2)c1)C(=O)Nc1ccccc1. The largest absolute Gasteiger partial charge is 0.484 e. The molecule has 0 aliphatic rings. The van der Waals surface area contributed by atoms with Crippen LogP contribution in [0.15, 0.2) is 89.8 Å². The average Bonchev–Trinajstić information content (AvgIpc) is 2.74. The normalized spacial score (nSPS) is 11.3. The number of amides is 2. The van der Waals surface area contributed by atoms with E-state index in [1.54, 1.807) is 18.2 Å². The van der Waals surface area contributed by atoms with Crippen molar-refractivity contribution >= 4 is 35.0 Å². The predicted molar refractivity (Wildman–Crippen MR) is 117 cm³/mol. The van der Waals surface area contributed by atoms with Gasteiger partial charge in [-0.25, -0.2) is 0 Å². The summed E-state index contributed by atoms with van der Waals surface area (Å²) in [6.45, 7) is 1.78. The van der Waals surface area contributed by atoms with Crippen LogP contribution in [-0.2, 0) is 9.59 Å². The molecule has 29 heavy (non-hydrogen) atoms. The lowest BCUT2D eigenvalue weighted by molar-refractivity contribution is -0.118. The average molecular weight is 407 g/mol. The van der Waals surface area contributed by atoms with Gasteiger partial charge in [0.25, 0.3) is 5.91 Å². The summed E-state index contributed by atoms with van der Waals surface area (Å²) in [5.41, 5.74) is 1.43. The van der Waals surface area contributed by atoms with Gasteiger partial charge in [-0.15, -0.1) is 11.8 Å². The molecule has 2 amide bonds. The number of rotatable bonds is 8. The summed E-state index contributed by atoms with van der Waals surface area (Å²) in [6, 6.07) is 25.9. The van der Waals surface area contributed by atoms with Crippen LogP contribution in [0.25, 0.3) is 0 Å². The second-order valence-corrected chi connectivity index (χ2v) is 7.71. The van der Waals surface area contributed by atoms with Crippen molar-refractivity contribution in [1.29, 1.82) is 0 Å². The number of ether oxygens (including phenoxy) is 1. The second-order valence-electron chi connectivity index (χ2n) is 6.29. The molecule has 0 spiro atoms. The summed E-state index contributed by atoms with van der Waals surface area (Å²) in [4.78, 5) is 25.4. The molecular weight excluding hydrogens is 384 g/mol. The van der Waals surface area contributed by atoms with E-state index in [1.165, 1.54) is 11.8 Å². The standard InChI is InChI=1S/C23H22N2O3S/c1-17(23(27)25-18-9-4-2-5-10-18)29-21-14-8-11-19(15-21)24-22(26)16-28-20-12-6-3-7-13-20/h2-15,17H,16H2,1H3,(H,24,26)(H,25,27). The van der Waals surface area contributed by atoms with Crippen LogP contribution in [0, 0.1) is 0 Å². The third kappa shape index (κ3) is 6.69. The van der Waals surface area contributed by atoms with E-state index in [9.17, 15) is 9.59 Å². The minimum atomic E-state index is -0.289. The van der Waals surface area contributed by atoms with Crippen molar-refractivity contribution in [2.24, 2.45) is 0 Å². The van der Waals surface area contributed by atoms with E-state index in [0.717, 1.165) is 10.6 Å². The third-order valence-electron chi connectivity index (χ3n) is 3.95. The maximum absolute atomic E-state index is 12.4. The number of benzene rings is 3. The van der Waals surface area contributed by atoms with Gasteiger partial charge in [0.05, 0.1) is 5.25 Å². The molecule has 0 aromatic heterocycles. The van der Waals surface area contributed by atoms with Crippen LogP contribution in [0.1, 0.15) is 6.92 Å². The molecule has 1 unspecified atom stereocenters. The Kier molecular flexibility index (Phi) is 7.30. The fraction of sp³-hybridized carbons (Fsp3) is 0.130. The van der Waals surface area contributed by atoms with Crippen LogP contribution in [-0.4, -0.2) is 23.7 Å². The van der Waals surface area contributed by atoms with E-state index in [1.807, 2.05) is 73.7 Å². The summed E-state index contributed by atoms with van der Waals surface area (Å²) in [6.07, 6.45) is 0. The molecule has 0 heterocycles. The molecule has 0 radical (unpaired) electrons. The summed E-state index contributed by atoms with van der Waals surface area (Å²) in [7, 11) is 0. The molecule has 3 aromatic carbocycles. The minimum absolute atomic E-state index is 0.0722. The van der Waals surface area contributed by atoms with Crippen molar-refractivity contribution in [3.05, 3.63) is 84.9 Å². The molecule has 148 valence electrons. The van der Waals surface area contributed by atoms with Gasteiger partial charge in [0.2, 0.25) is 5.91 Å². The molecule has 0 fully saturated rings. The minimum Gasteiger partial charge on any atom is -0.484 e. The van der Waals surface area contributed by atoms with Gasteiger partial charge in [0.1, 0.15) is 5.75 Å². The highest BCUT2D eigenvalue weighted by atomic mass is 32.2. The Bertz CT molecular complexity index is 949. The Balaban J connectivity index is 1.52. The van der Waals surface area contributed by atoms with E-state index in [0.29, 0.717) is 11.4 Å². The maximum Gasteiger partial charge on any atom is 0.262 e. The summed E-state index contributed by atoms with van der Waals surface area (Å²) in [5, 5.41) is 5.42. The molecule has 2 N–H and O–H groups in total. The van der Waals surface area contributed by atoms with Crippen molar-refractivity contribution < 1.29 is 14.3 Å². The summed E-state index contributed by atoms with van der Waals surface area (Å²) < 4.78 is 5.45. The van der Waals surface area contributed by atoms with Crippen molar-refractivity contribution in [1.82, 2.24) is 0 Å². The zero-order valence-electron chi connectivity index (χ0n) is 16.0. The Morgan fingerprint density at radius 3 is 2.24 bits per heavy atom. The van der Waals surface area contributed by atoms with Gasteiger partial charge < -0.3 is 15.4 Å². The topological polar surface area (TPSA) is 67.4 Å². The number of anilines is 2. The first kappa shape index (κ1) is 20.5. The van der Waals surface area contributed by atoms with Crippen LogP contribution < -0.4 is 15.4 Å². The smallest absolute Gasteiger partial charge is 0.262 e. The Morgan fingerprint density at radius 1 is 0.862 bits per heavy atom. The van der Waals surface area contributed by atoms with Crippen molar-refractivity contribution in [2.75, 3.05) is 17.2 Å². The van der Waals surface area contributed by atoms with Crippen molar-refractivity contribution in [2.45, 2.75) is 17.1 Å². The number of hydrogen-bond acceptors (Lipinski definition) is 4. The molecule has 0 aliphatic carbocycles. The first-order chi connectivity index (χ1) is 14.1. The van der Waals surface area contributed by atoms with Gasteiger partial charge in [-0.05, 0) is 49.4 Å². The zero-order chi connectivity index (χ0) is 20.5. The molecular formula is C23H22N2O3S. The Labute approximate surface area is 174 Å². The van der Waals surface area contributed by atoms with Crippen LogP contribution in [0.2, 0.25) is 0 Å². The summed E-state index contributed by atoms with van der Waals surface area (Å²) >= 11 is 1.43. The first-order valence-electron chi connectivity index (χ1n) is 9.20. The molecule has 6 heteroatoms. The highest BCUT2D eigenvalue weighted by Crippen LogP contribution is 2.26. The lowest BCUT2D eigenvalue weighted by Gasteiger charge is -2.13. The zero-order valence-corrected chi connectivity index (χ0v) is 16.8. The quantitative estimate of drug-likeness (QED) is 0.526. The molecule has 0 aliphatic heterocycles. The number of hydrogen-bond donors (Lipinski definition) is 2. The molecule has 5 nitrogen and oxygen atoms in total. The number of thioether (sulfide) groups is 1. The Hall–Kier alpha value is -3.25. The van der Waals surface area contributed by atoms with Crippen molar-refractivity contribution in [3.8, 4) is 5.75 Å². The van der Waals surface area contributed by atoms with E-state index in [-0.39, 0.29) is 23.7 Å². The summed E-state index contributed by atoms with van der Waals surface area (Å²) in [5.74, 6) is 0.322. The van der Waals surface area contributed by atoms with Gasteiger partial charge in [-0.1, -0.05) is 42.5 Å². The van der Waals surface area contributed by atoms with Gasteiger partial charge in [0, 0.05) is 16.3 Å². The first-order valence-corrected chi connectivity index (χ1v) is 10.1. The van der Waals surface area contributed by atoms with Gasteiger partial charge in [-0.3, -0.25) is 9.59 Å². The lowest BCUT2D eigenvalue weighted by atomic mass is 10.3. The van der Waals surface area contributed by atoms with Crippen LogP contribution in [0.3, 0.4) is 0 Å². The number of carbonyl (C=O) groups is 2. The monoisotopic (exact) mass is 406 g/mol. The highest BCUT2D eigenvalue weighted by molar-refractivity contribution is 8.00. The maximum atomic E-state index is 12.4. The molecule has 1 atom stereocenters. The highest BCUT2D eigenvalue weighted by Gasteiger charge is 2.15.